The number of rotatable bonds is 6. The SMILES string of the molecule is COc1ccc(-c2cc(C(=O)N3CCN(c4cccc(Cl)c4)CC3)n(-c3cccc(C)c3)n2)c(OC)c1. The van der Waals surface area contributed by atoms with Gasteiger partial charge in [0.2, 0.25) is 0 Å². The third-order valence-corrected chi connectivity index (χ3v) is 6.83. The molecule has 4 aromatic rings. The fourth-order valence-electron chi connectivity index (χ4n) is 4.63. The number of piperazine rings is 1. The molecule has 1 saturated heterocycles. The van der Waals surface area contributed by atoms with E-state index in [9.17, 15) is 4.79 Å². The number of anilines is 1. The standard InChI is InChI=1S/C29H29ClN4O3/c1-20-6-4-9-23(16-20)34-27(19-26(31-34)25-11-10-24(36-2)18-28(25)37-3)29(35)33-14-12-32(13-15-33)22-8-5-7-21(30)17-22/h4-11,16-19H,12-15H2,1-3H3. The molecule has 0 N–H and O–H groups in total. The quantitative estimate of drug-likeness (QED) is 0.339. The summed E-state index contributed by atoms with van der Waals surface area (Å²) in [6.45, 7) is 4.68. The first-order chi connectivity index (χ1) is 18.0. The first kappa shape index (κ1) is 24.7. The molecule has 0 unspecified atom stereocenters. The number of hydrogen-bond donors (Lipinski definition) is 0. The highest BCUT2D eigenvalue weighted by atomic mass is 35.5. The van der Waals surface area contributed by atoms with E-state index in [1.54, 1.807) is 18.9 Å². The Balaban J connectivity index is 1.47. The van der Waals surface area contributed by atoms with Crippen LogP contribution in [0.25, 0.3) is 16.9 Å². The lowest BCUT2D eigenvalue weighted by atomic mass is 10.1. The minimum Gasteiger partial charge on any atom is -0.497 e. The van der Waals surface area contributed by atoms with Crippen LogP contribution in [0.2, 0.25) is 5.02 Å². The number of amides is 1. The van der Waals surface area contributed by atoms with Crippen LogP contribution in [0.5, 0.6) is 11.5 Å². The predicted octanol–water partition coefficient (Wildman–Crippen LogP) is 5.48. The Hall–Kier alpha value is -3.97. The Morgan fingerprint density at radius 3 is 2.32 bits per heavy atom. The van der Waals surface area contributed by atoms with Crippen LogP contribution in [-0.4, -0.2) is 61.0 Å². The van der Waals surface area contributed by atoms with Crippen molar-refractivity contribution in [1.29, 1.82) is 0 Å². The molecule has 0 radical (unpaired) electrons. The Kier molecular flexibility index (Phi) is 7.06. The molecule has 1 fully saturated rings. The number of carbonyl (C=O) groups is 1. The van der Waals surface area contributed by atoms with Crippen LogP contribution in [0.15, 0.2) is 72.8 Å². The molecule has 8 heteroatoms. The van der Waals surface area contributed by atoms with Crippen LogP contribution in [-0.2, 0) is 0 Å². The summed E-state index contributed by atoms with van der Waals surface area (Å²) < 4.78 is 12.7. The molecule has 3 aromatic carbocycles. The third kappa shape index (κ3) is 5.13. The lowest BCUT2D eigenvalue weighted by molar-refractivity contribution is 0.0737. The summed E-state index contributed by atoms with van der Waals surface area (Å²) in [5, 5.41) is 5.58. The maximum absolute atomic E-state index is 13.8. The van der Waals surface area contributed by atoms with Crippen LogP contribution in [0.1, 0.15) is 16.1 Å². The second-order valence-electron chi connectivity index (χ2n) is 8.99. The molecule has 0 saturated carbocycles. The Morgan fingerprint density at radius 1 is 0.865 bits per heavy atom. The number of methoxy groups -OCH3 is 2. The summed E-state index contributed by atoms with van der Waals surface area (Å²) in [5.41, 5.74) is 4.94. The largest absolute Gasteiger partial charge is 0.497 e. The first-order valence-electron chi connectivity index (χ1n) is 12.2. The smallest absolute Gasteiger partial charge is 0.272 e. The van der Waals surface area contributed by atoms with Crippen molar-refractivity contribution in [3.05, 3.63) is 89.1 Å². The number of halogens is 1. The topological polar surface area (TPSA) is 59.8 Å². The molecule has 5 rings (SSSR count). The van der Waals surface area contributed by atoms with Crippen LogP contribution in [0, 0.1) is 6.92 Å². The Bertz CT molecular complexity index is 1430. The number of benzene rings is 3. The van der Waals surface area contributed by atoms with E-state index in [4.69, 9.17) is 26.2 Å². The van der Waals surface area contributed by atoms with Crippen LogP contribution in [0.4, 0.5) is 5.69 Å². The van der Waals surface area contributed by atoms with Crippen molar-refractivity contribution in [3.8, 4) is 28.4 Å². The van der Waals surface area contributed by atoms with Gasteiger partial charge >= 0.3 is 0 Å². The number of ether oxygens (including phenoxy) is 2. The summed E-state index contributed by atoms with van der Waals surface area (Å²) in [4.78, 5) is 18.0. The molecule has 0 atom stereocenters. The predicted molar refractivity (Wildman–Crippen MR) is 146 cm³/mol. The molecular weight excluding hydrogens is 488 g/mol. The van der Waals surface area contributed by atoms with Crippen molar-refractivity contribution in [2.24, 2.45) is 0 Å². The number of carbonyl (C=O) groups excluding carboxylic acids is 1. The highest BCUT2D eigenvalue weighted by Gasteiger charge is 2.27. The Morgan fingerprint density at radius 2 is 1.62 bits per heavy atom. The van der Waals surface area contributed by atoms with Gasteiger partial charge in [0.15, 0.2) is 0 Å². The van der Waals surface area contributed by atoms with E-state index in [1.807, 2.05) is 84.6 Å². The van der Waals surface area contributed by atoms with Gasteiger partial charge in [-0.1, -0.05) is 29.8 Å². The average molecular weight is 517 g/mol. The van der Waals surface area contributed by atoms with Crippen molar-refractivity contribution in [2.45, 2.75) is 6.92 Å². The van der Waals surface area contributed by atoms with Crippen molar-refractivity contribution in [2.75, 3.05) is 45.3 Å². The normalized spacial score (nSPS) is 13.5. The zero-order valence-electron chi connectivity index (χ0n) is 21.1. The van der Waals surface area contributed by atoms with Gasteiger partial charge in [-0.3, -0.25) is 4.79 Å². The minimum absolute atomic E-state index is 0.0570. The summed E-state index contributed by atoms with van der Waals surface area (Å²) in [6.07, 6.45) is 0. The van der Waals surface area contributed by atoms with E-state index in [-0.39, 0.29) is 5.91 Å². The van der Waals surface area contributed by atoms with E-state index < -0.39 is 0 Å². The zero-order valence-corrected chi connectivity index (χ0v) is 21.9. The number of hydrogen-bond acceptors (Lipinski definition) is 5. The van der Waals surface area contributed by atoms with Gasteiger partial charge in [-0.15, -0.1) is 0 Å². The average Bonchev–Trinajstić information content (AvgIpc) is 3.37. The molecule has 37 heavy (non-hydrogen) atoms. The van der Waals surface area contributed by atoms with Gasteiger partial charge in [-0.25, -0.2) is 4.68 Å². The number of aromatic nitrogens is 2. The molecule has 1 aromatic heterocycles. The number of nitrogens with zero attached hydrogens (tertiary/aromatic N) is 4. The maximum atomic E-state index is 13.8. The second kappa shape index (κ2) is 10.6. The molecule has 1 aliphatic heterocycles. The molecule has 0 aliphatic carbocycles. The minimum atomic E-state index is -0.0570. The van der Waals surface area contributed by atoms with Crippen molar-refractivity contribution < 1.29 is 14.3 Å². The molecule has 7 nitrogen and oxygen atoms in total. The summed E-state index contributed by atoms with van der Waals surface area (Å²) in [5.74, 6) is 1.26. The summed E-state index contributed by atoms with van der Waals surface area (Å²) >= 11 is 6.18. The molecule has 190 valence electrons. The lowest BCUT2D eigenvalue weighted by Crippen LogP contribution is -2.49. The van der Waals surface area contributed by atoms with E-state index in [0.29, 0.717) is 41.0 Å². The molecule has 2 heterocycles. The van der Waals surface area contributed by atoms with Crippen LogP contribution in [0.3, 0.4) is 0 Å². The van der Waals surface area contributed by atoms with Crippen molar-refractivity contribution in [3.63, 3.8) is 0 Å². The van der Waals surface area contributed by atoms with Gasteiger partial charge in [0.05, 0.1) is 25.6 Å². The third-order valence-electron chi connectivity index (χ3n) is 6.60. The van der Waals surface area contributed by atoms with Crippen LogP contribution >= 0.6 is 11.6 Å². The Labute approximate surface area is 221 Å². The maximum Gasteiger partial charge on any atom is 0.272 e. The molecule has 0 spiro atoms. The lowest BCUT2D eigenvalue weighted by Gasteiger charge is -2.36. The molecule has 1 amide bonds. The fourth-order valence-corrected chi connectivity index (χ4v) is 4.82. The van der Waals surface area contributed by atoms with Gasteiger partial charge < -0.3 is 19.3 Å². The number of aryl methyl sites for hydroxylation is 1. The van der Waals surface area contributed by atoms with E-state index >= 15 is 0 Å². The molecule has 1 aliphatic rings. The highest BCUT2D eigenvalue weighted by molar-refractivity contribution is 6.30. The molecule has 0 bridgehead atoms. The zero-order chi connectivity index (χ0) is 25.9. The van der Waals surface area contributed by atoms with Crippen molar-refractivity contribution in [1.82, 2.24) is 14.7 Å². The second-order valence-corrected chi connectivity index (χ2v) is 9.43. The fraction of sp³-hybridized carbons (Fsp3) is 0.241. The van der Waals surface area contributed by atoms with Gasteiger partial charge in [-0.05, 0) is 61.0 Å². The van der Waals surface area contributed by atoms with E-state index in [0.717, 1.165) is 35.6 Å². The first-order valence-corrected chi connectivity index (χ1v) is 12.5. The van der Waals surface area contributed by atoms with Gasteiger partial charge in [0, 0.05) is 48.5 Å². The van der Waals surface area contributed by atoms with E-state index in [1.165, 1.54) is 0 Å². The summed E-state index contributed by atoms with van der Waals surface area (Å²) in [7, 11) is 3.23. The van der Waals surface area contributed by atoms with Crippen molar-refractivity contribution >= 4 is 23.2 Å². The molecular formula is C29H29ClN4O3. The highest BCUT2D eigenvalue weighted by Crippen LogP contribution is 2.34. The van der Waals surface area contributed by atoms with Gasteiger partial charge in [-0.2, -0.15) is 5.10 Å². The van der Waals surface area contributed by atoms with Gasteiger partial charge in [0.25, 0.3) is 5.91 Å². The summed E-state index contributed by atoms with van der Waals surface area (Å²) in [6, 6.07) is 23.2. The van der Waals surface area contributed by atoms with Gasteiger partial charge in [0.1, 0.15) is 17.2 Å². The van der Waals surface area contributed by atoms with E-state index in [2.05, 4.69) is 4.90 Å². The van der Waals surface area contributed by atoms with Crippen LogP contribution < -0.4 is 14.4 Å². The monoisotopic (exact) mass is 516 g/mol.